The average molecular weight is 349 g/mol. The number of aliphatic hydroxyl groups is 2. The molecule has 2 aromatic rings. The third-order valence-corrected chi connectivity index (χ3v) is 4.08. The van der Waals surface area contributed by atoms with Gasteiger partial charge in [-0.15, -0.1) is 10.2 Å². The molecule has 6 N–H and O–H groups in total. The molecule has 1 heterocycles. The SMILES string of the molecule is NS(=O)(=O)c1cc(-c2nn[nH]n2)c(NCC(O)CO)cc1Cl. The summed E-state index contributed by atoms with van der Waals surface area (Å²) in [6.45, 7) is -0.431. The second kappa shape index (κ2) is 6.54. The Balaban J connectivity index is 2.50. The van der Waals surface area contributed by atoms with E-state index in [1.165, 1.54) is 12.1 Å². The Kier molecular flexibility index (Phi) is 4.93. The molecule has 0 spiro atoms. The molecule has 0 aliphatic heterocycles. The minimum atomic E-state index is -4.04. The first-order valence-corrected chi connectivity index (χ1v) is 7.88. The molecule has 1 atom stereocenters. The largest absolute Gasteiger partial charge is 0.394 e. The zero-order valence-electron chi connectivity index (χ0n) is 11.1. The Hall–Kier alpha value is -1.79. The fourth-order valence-corrected chi connectivity index (χ4v) is 2.77. The lowest BCUT2D eigenvalue weighted by Crippen LogP contribution is -2.23. The monoisotopic (exact) mass is 348 g/mol. The van der Waals surface area contributed by atoms with E-state index in [4.69, 9.17) is 21.8 Å². The molecule has 1 unspecified atom stereocenters. The summed E-state index contributed by atoms with van der Waals surface area (Å²) in [5, 5.41) is 39.2. The number of aromatic amines is 1. The normalized spacial score (nSPS) is 13.1. The van der Waals surface area contributed by atoms with Crippen LogP contribution in [0.15, 0.2) is 17.0 Å². The highest BCUT2D eigenvalue weighted by Gasteiger charge is 2.20. The van der Waals surface area contributed by atoms with Gasteiger partial charge < -0.3 is 15.5 Å². The molecular weight excluding hydrogens is 336 g/mol. The second-order valence-electron chi connectivity index (χ2n) is 4.33. The molecule has 22 heavy (non-hydrogen) atoms. The van der Waals surface area contributed by atoms with Gasteiger partial charge in [-0.25, -0.2) is 13.6 Å². The number of hydrogen-bond donors (Lipinski definition) is 5. The van der Waals surface area contributed by atoms with Crippen molar-refractivity contribution in [2.45, 2.75) is 11.0 Å². The van der Waals surface area contributed by atoms with Crippen molar-refractivity contribution in [2.75, 3.05) is 18.5 Å². The van der Waals surface area contributed by atoms with Crippen molar-refractivity contribution in [1.82, 2.24) is 20.6 Å². The van der Waals surface area contributed by atoms with E-state index in [1.807, 2.05) is 0 Å². The Morgan fingerprint density at radius 3 is 2.73 bits per heavy atom. The minimum Gasteiger partial charge on any atom is -0.394 e. The number of benzene rings is 1. The summed E-state index contributed by atoms with van der Waals surface area (Å²) in [6.07, 6.45) is -1.00. The van der Waals surface area contributed by atoms with Gasteiger partial charge in [-0.05, 0) is 17.3 Å². The molecule has 0 bridgehead atoms. The lowest BCUT2D eigenvalue weighted by Gasteiger charge is -2.14. The summed E-state index contributed by atoms with van der Waals surface area (Å²) in [4.78, 5) is -0.290. The van der Waals surface area contributed by atoms with Gasteiger partial charge >= 0.3 is 0 Å². The molecule has 120 valence electrons. The highest BCUT2D eigenvalue weighted by molar-refractivity contribution is 7.89. The number of primary sulfonamides is 1. The van der Waals surface area contributed by atoms with Crippen molar-refractivity contribution >= 4 is 27.3 Å². The van der Waals surface area contributed by atoms with Gasteiger partial charge in [-0.3, -0.25) is 0 Å². The summed E-state index contributed by atoms with van der Waals surface area (Å²) in [5.74, 6) is 0.113. The maximum atomic E-state index is 11.5. The van der Waals surface area contributed by atoms with Gasteiger partial charge in [0.05, 0.1) is 17.7 Å². The number of aliphatic hydroxyl groups excluding tert-OH is 2. The Bertz CT molecular complexity index is 751. The predicted molar refractivity (Wildman–Crippen MR) is 77.6 cm³/mol. The zero-order valence-corrected chi connectivity index (χ0v) is 12.6. The molecule has 0 saturated heterocycles. The zero-order chi connectivity index (χ0) is 16.3. The van der Waals surface area contributed by atoms with Crippen LogP contribution in [0.5, 0.6) is 0 Å². The molecule has 0 amide bonds. The predicted octanol–water partition coefficient (Wildman–Crippen LogP) is -1.07. The Morgan fingerprint density at radius 2 is 2.18 bits per heavy atom. The number of H-pyrrole nitrogens is 1. The van der Waals surface area contributed by atoms with Crippen LogP contribution < -0.4 is 10.5 Å². The summed E-state index contributed by atoms with van der Waals surface area (Å²) in [6, 6.07) is 2.52. The van der Waals surface area contributed by atoms with E-state index in [1.54, 1.807) is 0 Å². The quantitative estimate of drug-likeness (QED) is 0.440. The van der Waals surface area contributed by atoms with E-state index >= 15 is 0 Å². The number of nitrogens with two attached hydrogens (primary N) is 1. The third-order valence-electron chi connectivity index (χ3n) is 2.70. The van der Waals surface area contributed by atoms with E-state index < -0.39 is 22.7 Å². The first kappa shape index (κ1) is 16.6. The van der Waals surface area contributed by atoms with Crippen LogP contribution in [0, 0.1) is 0 Å². The van der Waals surface area contributed by atoms with Gasteiger partial charge in [-0.1, -0.05) is 11.6 Å². The molecular formula is C10H13ClN6O4S. The van der Waals surface area contributed by atoms with Gasteiger partial charge in [0, 0.05) is 17.8 Å². The first-order valence-electron chi connectivity index (χ1n) is 5.96. The number of rotatable bonds is 6. The molecule has 12 heteroatoms. The van der Waals surface area contributed by atoms with Gasteiger partial charge in [0.25, 0.3) is 0 Å². The lowest BCUT2D eigenvalue weighted by atomic mass is 10.1. The Labute approximate surface area is 130 Å². The first-order chi connectivity index (χ1) is 10.3. The topological polar surface area (TPSA) is 167 Å². The lowest BCUT2D eigenvalue weighted by molar-refractivity contribution is 0.105. The van der Waals surface area contributed by atoms with Crippen LogP contribution in [0.1, 0.15) is 0 Å². The van der Waals surface area contributed by atoms with Gasteiger partial charge in [0.15, 0.2) is 0 Å². The van der Waals surface area contributed by atoms with Crippen molar-refractivity contribution in [3.8, 4) is 11.4 Å². The summed E-state index contributed by atoms with van der Waals surface area (Å²) in [7, 11) is -4.04. The maximum Gasteiger partial charge on any atom is 0.239 e. The molecule has 10 nitrogen and oxygen atoms in total. The molecule has 0 fully saturated rings. The van der Waals surface area contributed by atoms with Crippen LogP contribution in [0.3, 0.4) is 0 Å². The number of sulfonamides is 1. The van der Waals surface area contributed by atoms with Crippen molar-refractivity contribution in [3.05, 3.63) is 17.2 Å². The average Bonchev–Trinajstić information content (AvgIpc) is 2.97. The molecule has 0 radical (unpaired) electrons. The molecule has 1 aromatic carbocycles. The van der Waals surface area contributed by atoms with Crippen LogP contribution in [0.2, 0.25) is 5.02 Å². The van der Waals surface area contributed by atoms with Crippen LogP contribution >= 0.6 is 11.6 Å². The maximum absolute atomic E-state index is 11.5. The van der Waals surface area contributed by atoms with E-state index in [0.29, 0.717) is 5.69 Å². The number of anilines is 1. The molecule has 0 aliphatic carbocycles. The summed E-state index contributed by atoms with van der Waals surface area (Å²) < 4.78 is 23.1. The standard InChI is InChI=1S/C10H13ClN6O4S/c11-7-2-8(13-3-5(19)4-18)6(10-14-16-17-15-10)1-9(7)22(12,20)21/h1-2,5,13,18-19H,3-4H2,(H2,12,20,21)(H,14,15,16,17). The van der Waals surface area contributed by atoms with Crippen molar-refractivity contribution in [1.29, 1.82) is 0 Å². The fourth-order valence-electron chi connectivity index (χ4n) is 1.67. The third kappa shape index (κ3) is 3.69. The molecule has 0 saturated carbocycles. The van der Waals surface area contributed by atoms with E-state index in [-0.39, 0.29) is 27.9 Å². The van der Waals surface area contributed by atoms with Crippen LogP contribution in [-0.2, 0) is 10.0 Å². The fraction of sp³-hybridized carbons (Fsp3) is 0.300. The van der Waals surface area contributed by atoms with Gasteiger partial charge in [0.2, 0.25) is 15.8 Å². The van der Waals surface area contributed by atoms with E-state index in [9.17, 15) is 13.5 Å². The number of hydrogen-bond acceptors (Lipinski definition) is 8. The van der Waals surface area contributed by atoms with Gasteiger partial charge in [0.1, 0.15) is 4.90 Å². The summed E-state index contributed by atoms with van der Waals surface area (Å²) >= 11 is 5.92. The number of tetrazole rings is 1. The van der Waals surface area contributed by atoms with Crippen LogP contribution in [-0.4, -0.2) is 58.5 Å². The van der Waals surface area contributed by atoms with Gasteiger partial charge in [-0.2, -0.15) is 5.21 Å². The molecule has 0 aliphatic rings. The van der Waals surface area contributed by atoms with Crippen LogP contribution in [0.25, 0.3) is 11.4 Å². The van der Waals surface area contributed by atoms with E-state index in [2.05, 4.69) is 25.9 Å². The van der Waals surface area contributed by atoms with Crippen molar-refractivity contribution < 1.29 is 18.6 Å². The van der Waals surface area contributed by atoms with E-state index in [0.717, 1.165) is 0 Å². The van der Waals surface area contributed by atoms with Crippen LogP contribution in [0.4, 0.5) is 5.69 Å². The van der Waals surface area contributed by atoms with Crippen molar-refractivity contribution in [3.63, 3.8) is 0 Å². The number of nitrogens with zero attached hydrogens (tertiary/aromatic N) is 3. The summed E-state index contributed by atoms with van der Waals surface area (Å²) in [5.41, 5.74) is 0.624. The second-order valence-corrected chi connectivity index (χ2v) is 6.26. The smallest absolute Gasteiger partial charge is 0.239 e. The molecule has 2 rings (SSSR count). The molecule has 1 aromatic heterocycles. The highest BCUT2D eigenvalue weighted by atomic mass is 35.5. The van der Waals surface area contributed by atoms with Crippen molar-refractivity contribution in [2.24, 2.45) is 5.14 Å². The number of aromatic nitrogens is 4. The Morgan fingerprint density at radius 1 is 1.45 bits per heavy atom. The minimum absolute atomic E-state index is 0.00635. The number of halogens is 1. The number of nitrogens with one attached hydrogen (secondary N) is 2. The highest BCUT2D eigenvalue weighted by Crippen LogP contribution is 2.33.